The summed E-state index contributed by atoms with van der Waals surface area (Å²) in [4.78, 5) is 6.92. The first-order chi connectivity index (χ1) is 10.8. The minimum absolute atomic E-state index is 0.196. The van der Waals surface area contributed by atoms with Gasteiger partial charge in [-0.2, -0.15) is 0 Å². The summed E-state index contributed by atoms with van der Waals surface area (Å²) in [6.45, 7) is 1.67. The van der Waals surface area contributed by atoms with Crippen LogP contribution < -0.4 is 0 Å². The third-order valence-electron chi connectivity index (χ3n) is 3.98. The van der Waals surface area contributed by atoms with Gasteiger partial charge in [-0.25, -0.2) is 4.98 Å². The quantitative estimate of drug-likeness (QED) is 0.756. The number of para-hydroxylation sites is 1. The molecule has 3 aromatic rings. The van der Waals surface area contributed by atoms with Gasteiger partial charge in [0, 0.05) is 12.6 Å². The molecule has 2 aromatic heterocycles. The SMILES string of the molecule is OCCN(Cc1ccc(-c2nc3ccccc3s2)o1)C1CC1. The van der Waals surface area contributed by atoms with E-state index in [9.17, 15) is 5.11 Å². The van der Waals surface area contributed by atoms with Crippen molar-refractivity contribution in [2.75, 3.05) is 13.2 Å². The highest BCUT2D eigenvalue weighted by atomic mass is 32.1. The molecule has 1 aromatic carbocycles. The van der Waals surface area contributed by atoms with Gasteiger partial charge in [0.25, 0.3) is 0 Å². The molecule has 0 bridgehead atoms. The lowest BCUT2D eigenvalue weighted by Gasteiger charge is -2.18. The number of nitrogens with zero attached hydrogens (tertiary/aromatic N) is 2. The van der Waals surface area contributed by atoms with E-state index in [1.54, 1.807) is 11.3 Å². The Morgan fingerprint density at radius 3 is 2.86 bits per heavy atom. The van der Waals surface area contributed by atoms with Gasteiger partial charge >= 0.3 is 0 Å². The monoisotopic (exact) mass is 314 g/mol. The number of benzene rings is 1. The summed E-state index contributed by atoms with van der Waals surface area (Å²) in [5, 5.41) is 10.1. The fraction of sp³-hybridized carbons (Fsp3) is 0.353. The summed E-state index contributed by atoms with van der Waals surface area (Å²) in [6.07, 6.45) is 2.46. The van der Waals surface area contributed by atoms with Gasteiger partial charge in [0.15, 0.2) is 10.8 Å². The summed E-state index contributed by atoms with van der Waals surface area (Å²) in [7, 11) is 0. The number of hydrogen-bond donors (Lipinski definition) is 1. The number of rotatable bonds is 6. The minimum atomic E-state index is 0.196. The number of aromatic nitrogens is 1. The smallest absolute Gasteiger partial charge is 0.163 e. The molecule has 4 rings (SSSR count). The van der Waals surface area contributed by atoms with Crippen molar-refractivity contribution >= 4 is 21.6 Å². The number of aliphatic hydroxyl groups is 1. The second-order valence-electron chi connectivity index (χ2n) is 5.68. The first-order valence-electron chi connectivity index (χ1n) is 7.63. The van der Waals surface area contributed by atoms with Crippen LogP contribution >= 0.6 is 11.3 Å². The fourth-order valence-electron chi connectivity index (χ4n) is 2.71. The lowest BCUT2D eigenvalue weighted by molar-refractivity contribution is 0.174. The Bertz CT molecular complexity index is 743. The van der Waals surface area contributed by atoms with Gasteiger partial charge in [-0.15, -0.1) is 11.3 Å². The molecule has 0 atom stereocenters. The highest BCUT2D eigenvalue weighted by Gasteiger charge is 2.29. The molecule has 1 saturated carbocycles. The van der Waals surface area contributed by atoms with E-state index >= 15 is 0 Å². The predicted molar refractivity (Wildman–Crippen MR) is 87.8 cm³/mol. The average Bonchev–Trinajstić information content (AvgIpc) is 3.11. The summed E-state index contributed by atoms with van der Waals surface area (Å²) in [5.41, 5.74) is 1.01. The molecule has 0 amide bonds. The molecule has 114 valence electrons. The third kappa shape index (κ3) is 2.79. The van der Waals surface area contributed by atoms with Crippen molar-refractivity contribution in [2.24, 2.45) is 0 Å². The zero-order valence-corrected chi connectivity index (χ0v) is 13.1. The van der Waals surface area contributed by atoms with Gasteiger partial charge in [-0.3, -0.25) is 4.90 Å². The number of thiazole rings is 1. The molecule has 1 N–H and O–H groups in total. The second kappa shape index (κ2) is 5.83. The topological polar surface area (TPSA) is 49.5 Å². The van der Waals surface area contributed by atoms with E-state index in [0.717, 1.165) is 28.6 Å². The molecule has 2 heterocycles. The van der Waals surface area contributed by atoms with Crippen molar-refractivity contribution in [2.45, 2.75) is 25.4 Å². The van der Waals surface area contributed by atoms with E-state index in [1.807, 2.05) is 30.3 Å². The van der Waals surface area contributed by atoms with Crippen LogP contribution in [0, 0.1) is 0 Å². The zero-order chi connectivity index (χ0) is 14.9. The number of furan rings is 1. The van der Waals surface area contributed by atoms with Crippen molar-refractivity contribution in [1.29, 1.82) is 0 Å². The zero-order valence-electron chi connectivity index (χ0n) is 12.2. The Labute approximate surface area is 133 Å². The fourth-order valence-corrected chi connectivity index (χ4v) is 3.64. The largest absolute Gasteiger partial charge is 0.457 e. The van der Waals surface area contributed by atoms with Crippen LogP contribution in [-0.2, 0) is 6.54 Å². The van der Waals surface area contributed by atoms with Crippen LogP contribution in [0.1, 0.15) is 18.6 Å². The van der Waals surface area contributed by atoms with Crippen molar-refractivity contribution in [3.8, 4) is 10.8 Å². The van der Waals surface area contributed by atoms with Gasteiger partial charge < -0.3 is 9.52 Å². The minimum Gasteiger partial charge on any atom is -0.457 e. The van der Waals surface area contributed by atoms with Crippen LogP contribution in [0.5, 0.6) is 0 Å². The van der Waals surface area contributed by atoms with Crippen LogP contribution in [0.2, 0.25) is 0 Å². The Hall–Kier alpha value is -1.69. The van der Waals surface area contributed by atoms with Crippen molar-refractivity contribution in [3.63, 3.8) is 0 Å². The third-order valence-corrected chi connectivity index (χ3v) is 5.03. The van der Waals surface area contributed by atoms with E-state index in [0.29, 0.717) is 12.6 Å². The highest BCUT2D eigenvalue weighted by Crippen LogP contribution is 2.32. The van der Waals surface area contributed by atoms with Gasteiger partial charge in [0.05, 0.1) is 23.4 Å². The Balaban J connectivity index is 1.55. The maximum absolute atomic E-state index is 9.17. The molecule has 0 aliphatic heterocycles. The first-order valence-corrected chi connectivity index (χ1v) is 8.45. The predicted octanol–water partition coefficient (Wildman–Crippen LogP) is 3.51. The van der Waals surface area contributed by atoms with Crippen LogP contribution in [0.15, 0.2) is 40.8 Å². The van der Waals surface area contributed by atoms with Gasteiger partial charge in [0.2, 0.25) is 0 Å². The molecule has 0 unspecified atom stereocenters. The van der Waals surface area contributed by atoms with Gasteiger partial charge in [0.1, 0.15) is 5.76 Å². The van der Waals surface area contributed by atoms with Crippen LogP contribution in [0.25, 0.3) is 21.0 Å². The Morgan fingerprint density at radius 1 is 1.23 bits per heavy atom. The molecule has 0 saturated heterocycles. The maximum Gasteiger partial charge on any atom is 0.163 e. The van der Waals surface area contributed by atoms with Gasteiger partial charge in [-0.05, 0) is 37.1 Å². The van der Waals surface area contributed by atoms with E-state index < -0.39 is 0 Å². The van der Waals surface area contributed by atoms with Crippen LogP contribution in [0.3, 0.4) is 0 Å². The summed E-state index contributed by atoms with van der Waals surface area (Å²) in [5.74, 6) is 1.77. The van der Waals surface area contributed by atoms with E-state index in [4.69, 9.17) is 4.42 Å². The summed E-state index contributed by atoms with van der Waals surface area (Å²) < 4.78 is 7.15. The lowest BCUT2D eigenvalue weighted by atomic mass is 10.3. The average molecular weight is 314 g/mol. The van der Waals surface area contributed by atoms with E-state index in [2.05, 4.69) is 16.0 Å². The number of hydrogen-bond acceptors (Lipinski definition) is 5. The van der Waals surface area contributed by atoms with Crippen molar-refractivity contribution < 1.29 is 9.52 Å². The highest BCUT2D eigenvalue weighted by molar-refractivity contribution is 7.21. The number of aliphatic hydroxyl groups excluding tert-OH is 1. The van der Waals surface area contributed by atoms with Crippen LogP contribution in [-0.4, -0.2) is 34.2 Å². The molecule has 4 nitrogen and oxygen atoms in total. The Morgan fingerprint density at radius 2 is 2.09 bits per heavy atom. The molecule has 1 aliphatic carbocycles. The van der Waals surface area contributed by atoms with E-state index in [-0.39, 0.29) is 6.61 Å². The standard InChI is InChI=1S/C17H18N2O2S/c20-10-9-19(12-5-6-12)11-13-7-8-15(21-13)17-18-14-3-1-2-4-16(14)22-17/h1-4,7-8,12,20H,5-6,9-11H2. The van der Waals surface area contributed by atoms with Crippen molar-refractivity contribution in [3.05, 3.63) is 42.2 Å². The molecule has 0 spiro atoms. The molecule has 5 heteroatoms. The molecule has 22 heavy (non-hydrogen) atoms. The van der Waals surface area contributed by atoms with E-state index in [1.165, 1.54) is 17.5 Å². The maximum atomic E-state index is 9.17. The Kier molecular flexibility index (Phi) is 3.70. The lowest BCUT2D eigenvalue weighted by Crippen LogP contribution is -2.28. The molecular formula is C17H18N2O2S. The summed E-state index contributed by atoms with van der Waals surface area (Å²) in [6, 6.07) is 12.8. The molecule has 1 aliphatic rings. The van der Waals surface area contributed by atoms with Crippen molar-refractivity contribution in [1.82, 2.24) is 9.88 Å². The molecular weight excluding hydrogens is 296 g/mol. The normalized spacial score (nSPS) is 15.0. The molecule has 0 radical (unpaired) electrons. The summed E-state index contributed by atoms with van der Waals surface area (Å²) >= 11 is 1.65. The molecule has 1 fully saturated rings. The second-order valence-corrected chi connectivity index (χ2v) is 6.71. The van der Waals surface area contributed by atoms with Crippen LogP contribution in [0.4, 0.5) is 0 Å². The van der Waals surface area contributed by atoms with Gasteiger partial charge in [-0.1, -0.05) is 12.1 Å². The number of fused-ring (bicyclic) bond motifs is 1. The first kappa shape index (κ1) is 13.9.